The maximum atomic E-state index is 12.2. The molecule has 1 N–H and O–H groups in total. The van der Waals surface area contributed by atoms with E-state index in [1.165, 1.54) is 12.8 Å². The van der Waals surface area contributed by atoms with Crippen LogP contribution in [0.1, 0.15) is 26.7 Å². The van der Waals surface area contributed by atoms with Crippen LogP contribution in [0.25, 0.3) is 0 Å². The van der Waals surface area contributed by atoms with Crippen molar-refractivity contribution in [2.75, 3.05) is 18.4 Å². The summed E-state index contributed by atoms with van der Waals surface area (Å²) in [6.07, 6.45) is 2.45. The highest BCUT2D eigenvalue weighted by Crippen LogP contribution is 2.19. The highest BCUT2D eigenvalue weighted by Gasteiger charge is 2.25. The topological polar surface area (TPSA) is 32.3 Å². The first-order chi connectivity index (χ1) is 9.06. The number of amides is 1. The fraction of sp³-hybridized carbons (Fsp3) is 0.533. The van der Waals surface area contributed by atoms with Crippen molar-refractivity contribution in [2.45, 2.75) is 32.7 Å². The zero-order valence-corrected chi connectivity index (χ0v) is 12.3. The maximum absolute atomic E-state index is 12.2. The van der Waals surface area contributed by atoms with Crippen LogP contribution in [0, 0.1) is 5.92 Å². The number of benzene rings is 1. The summed E-state index contributed by atoms with van der Waals surface area (Å²) in [5.74, 6) is 0.732. The molecule has 1 fully saturated rings. The van der Waals surface area contributed by atoms with Crippen molar-refractivity contribution < 1.29 is 4.79 Å². The Morgan fingerprint density at radius 3 is 2.74 bits per heavy atom. The number of carbonyl (C=O) groups is 1. The Morgan fingerprint density at radius 1 is 1.42 bits per heavy atom. The van der Waals surface area contributed by atoms with Gasteiger partial charge in [0.2, 0.25) is 5.91 Å². The van der Waals surface area contributed by atoms with Crippen LogP contribution in [-0.4, -0.2) is 29.9 Å². The molecule has 19 heavy (non-hydrogen) atoms. The van der Waals surface area contributed by atoms with E-state index in [-0.39, 0.29) is 11.9 Å². The van der Waals surface area contributed by atoms with Gasteiger partial charge in [0.05, 0.1) is 6.04 Å². The molecule has 1 aromatic rings. The van der Waals surface area contributed by atoms with Crippen LogP contribution in [0.5, 0.6) is 0 Å². The molecule has 1 aromatic carbocycles. The minimum atomic E-state index is -0.0848. The lowest BCUT2D eigenvalue weighted by Gasteiger charge is -2.34. The second-order valence-corrected chi connectivity index (χ2v) is 5.85. The number of halogens is 1. The van der Waals surface area contributed by atoms with E-state index in [2.05, 4.69) is 17.1 Å². The number of carbonyl (C=O) groups excluding carboxylic acids is 1. The lowest BCUT2D eigenvalue weighted by atomic mass is 9.99. The second kappa shape index (κ2) is 6.40. The van der Waals surface area contributed by atoms with E-state index in [0.29, 0.717) is 10.9 Å². The predicted octanol–water partition coefficient (Wildman–Crippen LogP) is 3.40. The van der Waals surface area contributed by atoms with Gasteiger partial charge in [-0.15, -0.1) is 0 Å². The molecule has 0 spiro atoms. The van der Waals surface area contributed by atoms with E-state index < -0.39 is 0 Å². The van der Waals surface area contributed by atoms with Crippen LogP contribution in [0.4, 0.5) is 5.69 Å². The van der Waals surface area contributed by atoms with Gasteiger partial charge in [0.25, 0.3) is 0 Å². The van der Waals surface area contributed by atoms with Gasteiger partial charge >= 0.3 is 0 Å². The molecule has 0 saturated carbocycles. The molecule has 0 aromatic heterocycles. The Labute approximate surface area is 119 Å². The van der Waals surface area contributed by atoms with E-state index in [1.807, 2.05) is 19.1 Å². The van der Waals surface area contributed by atoms with E-state index >= 15 is 0 Å². The van der Waals surface area contributed by atoms with E-state index in [9.17, 15) is 4.79 Å². The fourth-order valence-electron chi connectivity index (χ4n) is 2.52. The van der Waals surface area contributed by atoms with Crippen LogP contribution in [0.2, 0.25) is 5.02 Å². The Morgan fingerprint density at radius 2 is 2.11 bits per heavy atom. The van der Waals surface area contributed by atoms with Gasteiger partial charge in [0, 0.05) is 17.3 Å². The van der Waals surface area contributed by atoms with Crippen LogP contribution in [-0.2, 0) is 4.79 Å². The minimum Gasteiger partial charge on any atom is -0.325 e. The van der Waals surface area contributed by atoms with Gasteiger partial charge in [-0.2, -0.15) is 0 Å². The molecule has 0 aliphatic carbocycles. The third kappa shape index (κ3) is 3.95. The van der Waals surface area contributed by atoms with Crippen LogP contribution in [0.3, 0.4) is 0 Å². The first kappa shape index (κ1) is 14.4. The third-order valence-electron chi connectivity index (χ3n) is 3.73. The first-order valence-corrected chi connectivity index (χ1v) is 7.24. The summed E-state index contributed by atoms with van der Waals surface area (Å²) in [6, 6.07) is 7.13. The lowest BCUT2D eigenvalue weighted by Crippen LogP contribution is -2.46. The summed E-state index contributed by atoms with van der Waals surface area (Å²) in [5.41, 5.74) is 0.798. The number of nitrogens with zero attached hydrogens (tertiary/aromatic N) is 1. The number of nitrogens with one attached hydrogen (secondary N) is 1. The van der Waals surface area contributed by atoms with Crippen LogP contribution in [0.15, 0.2) is 24.3 Å². The average Bonchev–Trinajstić information content (AvgIpc) is 2.40. The second-order valence-electron chi connectivity index (χ2n) is 5.41. The molecule has 1 aliphatic rings. The number of piperidine rings is 1. The van der Waals surface area contributed by atoms with E-state index in [4.69, 9.17) is 11.6 Å². The van der Waals surface area contributed by atoms with Crippen LogP contribution < -0.4 is 5.32 Å². The van der Waals surface area contributed by atoms with Gasteiger partial charge in [-0.05, 0) is 56.5 Å². The molecule has 2 rings (SSSR count). The summed E-state index contributed by atoms with van der Waals surface area (Å²) < 4.78 is 0. The molecule has 0 bridgehead atoms. The highest BCUT2D eigenvalue weighted by molar-refractivity contribution is 6.30. The maximum Gasteiger partial charge on any atom is 0.241 e. The monoisotopic (exact) mass is 280 g/mol. The van der Waals surface area contributed by atoms with Crippen molar-refractivity contribution in [3.05, 3.63) is 29.3 Å². The zero-order valence-electron chi connectivity index (χ0n) is 11.5. The van der Waals surface area contributed by atoms with Gasteiger partial charge in [-0.1, -0.05) is 18.5 Å². The standard InChI is InChI=1S/C15H21ClN2O/c1-11-4-3-9-18(10-11)12(2)15(19)17-14-7-5-13(16)6-8-14/h5-8,11-12H,3-4,9-10H2,1-2H3,(H,17,19)/t11-,12+/m1/s1. The Bertz CT molecular complexity index is 432. The number of likely N-dealkylation sites (tertiary alicyclic amines) is 1. The predicted molar refractivity (Wildman–Crippen MR) is 79.5 cm³/mol. The van der Waals surface area contributed by atoms with Crippen molar-refractivity contribution in [3.8, 4) is 0 Å². The summed E-state index contributed by atoms with van der Waals surface area (Å²) in [6.45, 7) is 6.24. The number of anilines is 1. The normalized spacial score (nSPS) is 21.9. The smallest absolute Gasteiger partial charge is 0.241 e. The Hall–Kier alpha value is -1.06. The van der Waals surface area contributed by atoms with Gasteiger partial charge in [-0.25, -0.2) is 0 Å². The van der Waals surface area contributed by atoms with E-state index in [0.717, 1.165) is 18.8 Å². The molecular weight excluding hydrogens is 260 g/mol. The molecule has 1 aliphatic heterocycles. The Kier molecular flexibility index (Phi) is 4.83. The van der Waals surface area contributed by atoms with Crippen molar-refractivity contribution in [3.63, 3.8) is 0 Å². The van der Waals surface area contributed by atoms with Crippen molar-refractivity contribution >= 4 is 23.2 Å². The van der Waals surface area contributed by atoms with Gasteiger partial charge in [-0.3, -0.25) is 9.69 Å². The first-order valence-electron chi connectivity index (χ1n) is 6.87. The van der Waals surface area contributed by atoms with E-state index in [1.54, 1.807) is 12.1 Å². The van der Waals surface area contributed by atoms with Gasteiger partial charge < -0.3 is 5.32 Å². The largest absolute Gasteiger partial charge is 0.325 e. The molecule has 104 valence electrons. The molecule has 0 radical (unpaired) electrons. The summed E-state index contributed by atoms with van der Waals surface area (Å²) in [5, 5.41) is 3.62. The molecule has 4 heteroatoms. The van der Waals surface area contributed by atoms with Crippen molar-refractivity contribution in [2.24, 2.45) is 5.92 Å². The molecule has 2 atom stereocenters. The van der Waals surface area contributed by atoms with Crippen molar-refractivity contribution in [1.29, 1.82) is 0 Å². The van der Waals surface area contributed by atoms with Crippen LogP contribution >= 0.6 is 11.6 Å². The number of hydrogen-bond donors (Lipinski definition) is 1. The molecule has 3 nitrogen and oxygen atoms in total. The number of hydrogen-bond acceptors (Lipinski definition) is 2. The highest BCUT2D eigenvalue weighted by atomic mass is 35.5. The number of rotatable bonds is 3. The van der Waals surface area contributed by atoms with Gasteiger partial charge in [0.15, 0.2) is 0 Å². The molecule has 1 saturated heterocycles. The molecule has 0 unspecified atom stereocenters. The fourth-order valence-corrected chi connectivity index (χ4v) is 2.65. The van der Waals surface area contributed by atoms with Gasteiger partial charge in [0.1, 0.15) is 0 Å². The minimum absolute atomic E-state index is 0.0522. The summed E-state index contributed by atoms with van der Waals surface area (Å²) >= 11 is 5.83. The summed E-state index contributed by atoms with van der Waals surface area (Å²) in [7, 11) is 0. The molecule has 1 heterocycles. The lowest BCUT2D eigenvalue weighted by molar-refractivity contribution is -0.121. The SMILES string of the molecule is C[C@@H]1CCCN([C@@H](C)C(=O)Nc2ccc(Cl)cc2)C1. The third-order valence-corrected chi connectivity index (χ3v) is 3.98. The molecular formula is C15H21ClN2O. The Balaban J connectivity index is 1.93. The summed E-state index contributed by atoms with van der Waals surface area (Å²) in [4.78, 5) is 14.5. The zero-order chi connectivity index (χ0) is 13.8. The molecule has 1 amide bonds. The quantitative estimate of drug-likeness (QED) is 0.920. The van der Waals surface area contributed by atoms with Crippen molar-refractivity contribution in [1.82, 2.24) is 4.90 Å². The average molecular weight is 281 g/mol.